The minimum Gasteiger partial charge on any atom is -0.487 e. The van der Waals surface area contributed by atoms with E-state index in [-0.39, 0.29) is 17.5 Å². The Labute approximate surface area is 205 Å². The van der Waals surface area contributed by atoms with Gasteiger partial charge < -0.3 is 10.1 Å². The molecule has 0 bridgehead atoms. The smallest absolute Gasteiger partial charge is 0.264 e. The van der Waals surface area contributed by atoms with Crippen LogP contribution < -0.4 is 14.4 Å². The van der Waals surface area contributed by atoms with E-state index in [0.29, 0.717) is 17.1 Å². The number of ether oxygens (including phenoxy) is 1. The Balaban J connectivity index is 1.63. The number of rotatable bonds is 6. The second-order valence-electron chi connectivity index (χ2n) is 9.03. The van der Waals surface area contributed by atoms with E-state index in [1.165, 1.54) is 24.3 Å². The lowest BCUT2D eigenvalue weighted by Crippen LogP contribution is -2.45. The van der Waals surface area contributed by atoms with Crippen LogP contribution in [0.5, 0.6) is 5.75 Å². The topological polar surface area (TPSA) is 75.7 Å². The first kappa shape index (κ1) is 24.1. The summed E-state index contributed by atoms with van der Waals surface area (Å²) in [5, 5.41) is 3.47. The number of aryl methyl sites for hydroxylation is 1. The number of hydrogen-bond acceptors (Lipinski definition) is 4. The molecule has 0 aliphatic carbocycles. The number of sulfonamides is 1. The van der Waals surface area contributed by atoms with Gasteiger partial charge in [0.1, 0.15) is 17.9 Å². The number of hydrogen-bond donors (Lipinski definition) is 1. The van der Waals surface area contributed by atoms with E-state index in [1.807, 2.05) is 39.0 Å². The molecule has 34 heavy (non-hydrogen) atoms. The predicted octanol–water partition coefficient (Wildman–Crippen LogP) is 5.26. The molecular formula is C26H27ClN2O4S. The van der Waals surface area contributed by atoms with Crippen LogP contribution in [0, 0.1) is 6.92 Å². The first-order valence-corrected chi connectivity index (χ1v) is 12.8. The quantitative estimate of drug-likeness (QED) is 0.503. The van der Waals surface area contributed by atoms with E-state index in [1.54, 1.807) is 30.3 Å². The summed E-state index contributed by atoms with van der Waals surface area (Å²) >= 11 is 5.94. The van der Waals surface area contributed by atoms with Gasteiger partial charge in [0.15, 0.2) is 0 Å². The highest BCUT2D eigenvalue weighted by atomic mass is 35.5. The number of amides is 1. The molecule has 8 heteroatoms. The third-order valence-corrected chi connectivity index (χ3v) is 7.73. The molecule has 1 N–H and O–H groups in total. The molecule has 0 saturated heterocycles. The summed E-state index contributed by atoms with van der Waals surface area (Å²) in [4.78, 5) is 13.3. The molecule has 1 aliphatic heterocycles. The van der Waals surface area contributed by atoms with Gasteiger partial charge in [-0.2, -0.15) is 0 Å². The van der Waals surface area contributed by atoms with Crippen LogP contribution in [-0.4, -0.2) is 26.5 Å². The van der Waals surface area contributed by atoms with Crippen LogP contribution in [0.25, 0.3) is 0 Å². The van der Waals surface area contributed by atoms with Crippen molar-refractivity contribution in [3.05, 3.63) is 88.9 Å². The van der Waals surface area contributed by atoms with Crippen LogP contribution in [0.4, 0.5) is 5.69 Å². The van der Waals surface area contributed by atoms with E-state index in [9.17, 15) is 13.2 Å². The van der Waals surface area contributed by atoms with Crippen LogP contribution >= 0.6 is 11.6 Å². The van der Waals surface area contributed by atoms with Crippen molar-refractivity contribution in [2.75, 3.05) is 10.8 Å². The number of halogens is 1. The summed E-state index contributed by atoms with van der Waals surface area (Å²) in [6, 6.07) is 20.1. The third-order valence-electron chi connectivity index (χ3n) is 5.69. The van der Waals surface area contributed by atoms with E-state index in [2.05, 4.69) is 5.32 Å². The van der Waals surface area contributed by atoms with Crippen molar-refractivity contribution in [1.82, 2.24) is 5.32 Å². The molecule has 178 valence electrons. The normalized spacial score (nSPS) is 16.8. The van der Waals surface area contributed by atoms with E-state index in [0.717, 1.165) is 21.2 Å². The minimum absolute atomic E-state index is 0.0570. The van der Waals surface area contributed by atoms with E-state index in [4.69, 9.17) is 16.3 Å². The van der Waals surface area contributed by atoms with Crippen molar-refractivity contribution in [2.45, 2.75) is 43.7 Å². The molecule has 1 heterocycles. The van der Waals surface area contributed by atoms with E-state index >= 15 is 0 Å². The fourth-order valence-electron chi connectivity index (χ4n) is 4.10. The largest absolute Gasteiger partial charge is 0.487 e. The van der Waals surface area contributed by atoms with Gasteiger partial charge in [0.25, 0.3) is 10.0 Å². The zero-order valence-corrected chi connectivity index (χ0v) is 20.9. The van der Waals surface area contributed by atoms with Crippen LogP contribution in [0.1, 0.15) is 37.4 Å². The Bertz CT molecular complexity index is 1290. The lowest BCUT2D eigenvalue weighted by atomic mass is 9.89. The third kappa shape index (κ3) is 5.21. The van der Waals surface area contributed by atoms with Gasteiger partial charge in [-0.05, 0) is 68.8 Å². The summed E-state index contributed by atoms with van der Waals surface area (Å²) in [6.07, 6.45) is 0.560. The number of nitrogens with zero attached hydrogens (tertiary/aromatic N) is 1. The number of benzene rings is 3. The highest BCUT2D eigenvalue weighted by molar-refractivity contribution is 7.92. The number of fused-ring (bicyclic) bond motifs is 1. The van der Waals surface area contributed by atoms with Crippen LogP contribution in [0.15, 0.2) is 77.7 Å². The minimum atomic E-state index is -4.01. The van der Waals surface area contributed by atoms with Gasteiger partial charge in [-0.3, -0.25) is 9.10 Å². The number of carbonyl (C=O) groups is 1. The number of para-hydroxylation sites is 1. The van der Waals surface area contributed by atoms with Crippen LogP contribution in [0.3, 0.4) is 0 Å². The summed E-state index contributed by atoms with van der Waals surface area (Å²) in [5.41, 5.74) is 1.86. The molecule has 0 fully saturated rings. The second kappa shape index (κ2) is 9.31. The predicted molar refractivity (Wildman–Crippen MR) is 134 cm³/mol. The molecule has 0 radical (unpaired) electrons. The fraction of sp³-hybridized carbons (Fsp3) is 0.269. The number of anilines is 1. The van der Waals surface area contributed by atoms with Gasteiger partial charge >= 0.3 is 0 Å². The molecule has 1 amide bonds. The molecule has 1 aliphatic rings. The highest BCUT2D eigenvalue weighted by Gasteiger charge is 2.35. The average Bonchev–Trinajstić information content (AvgIpc) is 2.77. The summed E-state index contributed by atoms with van der Waals surface area (Å²) < 4.78 is 34.2. The Kier molecular flexibility index (Phi) is 6.60. The first-order chi connectivity index (χ1) is 16.0. The first-order valence-electron chi connectivity index (χ1n) is 11.0. The lowest BCUT2D eigenvalue weighted by molar-refractivity contribution is -0.120. The Morgan fingerprint density at radius 3 is 2.44 bits per heavy atom. The summed E-state index contributed by atoms with van der Waals surface area (Å²) in [7, 11) is -4.01. The maximum absolute atomic E-state index is 13.5. The van der Waals surface area contributed by atoms with Crippen molar-refractivity contribution in [1.29, 1.82) is 0 Å². The van der Waals surface area contributed by atoms with Gasteiger partial charge in [0, 0.05) is 17.0 Å². The van der Waals surface area contributed by atoms with Crippen molar-refractivity contribution >= 4 is 33.2 Å². The summed E-state index contributed by atoms with van der Waals surface area (Å²) in [5.74, 6) is 0.325. The van der Waals surface area contributed by atoms with Crippen molar-refractivity contribution in [2.24, 2.45) is 0 Å². The molecule has 1 unspecified atom stereocenters. The molecular weight excluding hydrogens is 472 g/mol. The molecule has 0 aromatic heterocycles. The maximum atomic E-state index is 13.5. The van der Waals surface area contributed by atoms with Gasteiger partial charge in [0.2, 0.25) is 5.91 Å². The Morgan fingerprint density at radius 2 is 1.76 bits per heavy atom. The average molecular weight is 499 g/mol. The monoisotopic (exact) mass is 498 g/mol. The molecule has 6 nitrogen and oxygen atoms in total. The van der Waals surface area contributed by atoms with Crippen LogP contribution in [-0.2, 0) is 14.8 Å². The SMILES string of the molecule is Cc1ccc2c(c1)OC(C)(C)CC2NC(=O)CN(c1ccccc1)S(=O)(=O)c1ccc(Cl)cc1. The van der Waals surface area contributed by atoms with Gasteiger partial charge in [-0.25, -0.2) is 8.42 Å². The zero-order chi connectivity index (χ0) is 24.5. The van der Waals surface area contributed by atoms with Gasteiger partial charge in [0.05, 0.1) is 16.6 Å². The highest BCUT2D eigenvalue weighted by Crippen LogP contribution is 2.40. The number of nitrogens with one attached hydrogen (secondary N) is 1. The molecule has 3 aromatic carbocycles. The van der Waals surface area contributed by atoms with E-state index < -0.39 is 21.5 Å². The Morgan fingerprint density at radius 1 is 1.09 bits per heavy atom. The standard InChI is InChI=1S/C26H27ClN2O4S/c1-18-9-14-22-23(16-26(2,3)33-24(22)15-18)28-25(30)17-29(20-7-5-4-6-8-20)34(31,32)21-12-10-19(27)11-13-21/h4-15,23H,16-17H2,1-3H3,(H,28,30). The van der Waals surface area contributed by atoms with Gasteiger partial charge in [-0.1, -0.05) is 41.9 Å². The molecule has 1 atom stereocenters. The second-order valence-corrected chi connectivity index (χ2v) is 11.3. The van der Waals surface area contributed by atoms with Gasteiger partial charge in [-0.15, -0.1) is 0 Å². The molecule has 0 spiro atoms. The van der Waals surface area contributed by atoms with Crippen molar-refractivity contribution < 1.29 is 17.9 Å². The Hall–Kier alpha value is -3.03. The summed E-state index contributed by atoms with van der Waals surface area (Å²) in [6.45, 7) is 5.56. The van der Waals surface area contributed by atoms with Crippen molar-refractivity contribution in [3.8, 4) is 5.75 Å². The fourth-order valence-corrected chi connectivity index (χ4v) is 5.65. The maximum Gasteiger partial charge on any atom is 0.264 e. The lowest BCUT2D eigenvalue weighted by Gasteiger charge is -2.38. The zero-order valence-electron chi connectivity index (χ0n) is 19.3. The molecule has 0 saturated carbocycles. The van der Waals surface area contributed by atoms with Crippen LogP contribution in [0.2, 0.25) is 5.02 Å². The molecule has 4 rings (SSSR count). The number of carbonyl (C=O) groups excluding carboxylic acids is 1. The molecule has 3 aromatic rings. The van der Waals surface area contributed by atoms with Crippen molar-refractivity contribution in [3.63, 3.8) is 0 Å².